The van der Waals surface area contributed by atoms with Crippen molar-refractivity contribution in [1.29, 1.82) is 0 Å². The second-order valence-corrected chi connectivity index (χ2v) is 4.79. The Morgan fingerprint density at radius 3 is 2.39 bits per heavy atom. The second-order valence-electron chi connectivity index (χ2n) is 4.79. The van der Waals surface area contributed by atoms with Gasteiger partial charge in [-0.25, -0.2) is 8.78 Å². The van der Waals surface area contributed by atoms with Crippen LogP contribution in [0.15, 0.2) is 12.1 Å². The molecule has 100 valence electrons. The molecular formula is C13H17F2NO2. The molecule has 5 heteroatoms. The number of hydrogen-bond donors (Lipinski definition) is 1. The van der Waals surface area contributed by atoms with Crippen LogP contribution in [0, 0.1) is 24.0 Å². The van der Waals surface area contributed by atoms with Gasteiger partial charge in [-0.1, -0.05) is 12.1 Å². The van der Waals surface area contributed by atoms with Gasteiger partial charge in [0, 0.05) is 11.6 Å². The highest BCUT2D eigenvalue weighted by Crippen LogP contribution is 2.34. The van der Waals surface area contributed by atoms with E-state index in [-0.39, 0.29) is 11.1 Å². The molecule has 0 saturated carbocycles. The lowest BCUT2D eigenvalue weighted by Gasteiger charge is -2.29. The molecule has 0 aliphatic carbocycles. The van der Waals surface area contributed by atoms with Gasteiger partial charge in [0.15, 0.2) is 11.6 Å². The number of halogens is 2. The second kappa shape index (κ2) is 5.02. The fraction of sp³-hybridized carbons (Fsp3) is 0.462. The predicted molar refractivity (Wildman–Crippen MR) is 63.8 cm³/mol. The number of ether oxygens (including phenoxy) is 1. The zero-order valence-electron chi connectivity index (χ0n) is 10.9. The van der Waals surface area contributed by atoms with E-state index in [1.54, 1.807) is 0 Å². The quantitative estimate of drug-likeness (QED) is 0.846. The molecule has 1 aromatic carbocycles. The number of carbonyl (C=O) groups is 1. The zero-order valence-corrected chi connectivity index (χ0v) is 10.9. The highest BCUT2D eigenvalue weighted by molar-refractivity contribution is 5.77. The van der Waals surface area contributed by atoms with Crippen molar-refractivity contribution < 1.29 is 18.3 Å². The van der Waals surface area contributed by atoms with Crippen molar-refractivity contribution in [3.63, 3.8) is 0 Å². The Balaban J connectivity index is 3.23. The van der Waals surface area contributed by atoms with Gasteiger partial charge in [0.2, 0.25) is 0 Å². The van der Waals surface area contributed by atoms with Gasteiger partial charge >= 0.3 is 5.97 Å². The third kappa shape index (κ3) is 2.36. The third-order valence-corrected chi connectivity index (χ3v) is 3.13. The molecule has 0 fully saturated rings. The minimum absolute atomic E-state index is 0.0338. The molecule has 0 radical (unpaired) electrons. The van der Waals surface area contributed by atoms with E-state index in [2.05, 4.69) is 4.74 Å². The molecule has 0 aliphatic rings. The van der Waals surface area contributed by atoms with E-state index in [0.717, 1.165) is 0 Å². The molecule has 0 aromatic heterocycles. The Morgan fingerprint density at radius 2 is 1.89 bits per heavy atom. The van der Waals surface area contributed by atoms with Crippen LogP contribution in [0.2, 0.25) is 0 Å². The Hall–Kier alpha value is -1.49. The molecule has 0 saturated heterocycles. The molecule has 3 nitrogen and oxygen atoms in total. The smallest absolute Gasteiger partial charge is 0.313 e. The van der Waals surface area contributed by atoms with E-state index in [0.29, 0.717) is 0 Å². The van der Waals surface area contributed by atoms with Crippen LogP contribution in [-0.2, 0) is 9.53 Å². The predicted octanol–water partition coefficient (Wildman–Crippen LogP) is 2.47. The van der Waals surface area contributed by atoms with Crippen molar-refractivity contribution in [2.45, 2.75) is 26.8 Å². The SMILES string of the molecule is COC(=O)C(C)(C)[C@H](N)c1ccc(C)c(F)c1F. The van der Waals surface area contributed by atoms with Gasteiger partial charge in [-0.3, -0.25) is 4.79 Å². The maximum atomic E-state index is 13.8. The third-order valence-electron chi connectivity index (χ3n) is 3.13. The molecule has 0 heterocycles. The monoisotopic (exact) mass is 257 g/mol. The highest BCUT2D eigenvalue weighted by Gasteiger charge is 2.38. The van der Waals surface area contributed by atoms with Crippen molar-refractivity contribution in [1.82, 2.24) is 0 Å². The van der Waals surface area contributed by atoms with E-state index >= 15 is 0 Å². The molecule has 18 heavy (non-hydrogen) atoms. The van der Waals surface area contributed by atoms with E-state index in [9.17, 15) is 13.6 Å². The molecule has 0 unspecified atom stereocenters. The van der Waals surface area contributed by atoms with Gasteiger partial charge < -0.3 is 10.5 Å². The first kappa shape index (κ1) is 14.6. The van der Waals surface area contributed by atoms with E-state index < -0.39 is 29.1 Å². The molecule has 1 aromatic rings. The summed E-state index contributed by atoms with van der Waals surface area (Å²) in [5, 5.41) is 0. The molecule has 1 rings (SSSR count). The summed E-state index contributed by atoms with van der Waals surface area (Å²) in [4.78, 5) is 11.6. The fourth-order valence-corrected chi connectivity index (χ4v) is 1.68. The topological polar surface area (TPSA) is 52.3 Å². The van der Waals surface area contributed by atoms with E-state index in [1.165, 1.54) is 40.0 Å². The van der Waals surface area contributed by atoms with Gasteiger partial charge in [-0.05, 0) is 26.3 Å². The van der Waals surface area contributed by atoms with Crippen LogP contribution >= 0.6 is 0 Å². The molecule has 1 atom stereocenters. The first-order valence-corrected chi connectivity index (χ1v) is 5.52. The lowest BCUT2D eigenvalue weighted by molar-refractivity contribution is -0.152. The summed E-state index contributed by atoms with van der Waals surface area (Å²) in [6, 6.07) is 1.84. The Bertz CT molecular complexity index is 472. The number of carbonyl (C=O) groups excluding carboxylic acids is 1. The van der Waals surface area contributed by atoms with Crippen molar-refractivity contribution in [3.05, 3.63) is 34.9 Å². The molecule has 0 amide bonds. The maximum Gasteiger partial charge on any atom is 0.313 e. The lowest BCUT2D eigenvalue weighted by atomic mass is 9.80. The van der Waals surface area contributed by atoms with Crippen molar-refractivity contribution in [2.24, 2.45) is 11.1 Å². The number of hydrogen-bond acceptors (Lipinski definition) is 3. The first-order chi connectivity index (χ1) is 8.23. The van der Waals surface area contributed by atoms with Gasteiger partial charge in [-0.15, -0.1) is 0 Å². The van der Waals surface area contributed by atoms with Crippen LogP contribution in [0.4, 0.5) is 8.78 Å². The highest BCUT2D eigenvalue weighted by atomic mass is 19.2. The van der Waals surface area contributed by atoms with Crippen LogP contribution in [-0.4, -0.2) is 13.1 Å². The zero-order chi connectivity index (χ0) is 14.1. The van der Waals surface area contributed by atoms with Crippen LogP contribution < -0.4 is 5.73 Å². The summed E-state index contributed by atoms with van der Waals surface area (Å²) in [5.74, 6) is -2.53. The van der Waals surface area contributed by atoms with Crippen molar-refractivity contribution >= 4 is 5.97 Å². The average Bonchev–Trinajstić information content (AvgIpc) is 2.34. The fourth-order valence-electron chi connectivity index (χ4n) is 1.68. The number of esters is 1. The van der Waals surface area contributed by atoms with E-state index in [1.807, 2.05) is 0 Å². The number of rotatable bonds is 3. The number of aryl methyl sites for hydroxylation is 1. The van der Waals surface area contributed by atoms with E-state index in [4.69, 9.17) is 5.73 Å². The minimum Gasteiger partial charge on any atom is -0.469 e. The van der Waals surface area contributed by atoms with Crippen molar-refractivity contribution in [3.8, 4) is 0 Å². The average molecular weight is 257 g/mol. The summed E-state index contributed by atoms with van der Waals surface area (Å²) < 4.78 is 31.9. The lowest BCUT2D eigenvalue weighted by Crippen LogP contribution is -2.38. The largest absolute Gasteiger partial charge is 0.469 e. The maximum absolute atomic E-state index is 13.8. The summed E-state index contributed by atoms with van der Waals surface area (Å²) in [5.41, 5.74) is 4.88. The molecule has 0 bridgehead atoms. The van der Waals surface area contributed by atoms with Crippen LogP contribution in [0.3, 0.4) is 0 Å². The summed E-state index contributed by atoms with van der Waals surface area (Å²) in [7, 11) is 1.23. The standard InChI is InChI=1S/C13H17F2NO2/c1-7-5-6-8(10(15)9(7)14)11(16)13(2,3)12(17)18-4/h5-6,11H,16H2,1-4H3/t11-/m1/s1. The molecule has 2 N–H and O–H groups in total. The Labute approximate surface area is 105 Å². The first-order valence-electron chi connectivity index (χ1n) is 5.52. The van der Waals surface area contributed by atoms with Crippen LogP contribution in [0.5, 0.6) is 0 Å². The summed E-state index contributed by atoms with van der Waals surface area (Å²) in [6.45, 7) is 4.51. The number of benzene rings is 1. The van der Waals surface area contributed by atoms with Gasteiger partial charge in [0.25, 0.3) is 0 Å². The Kier molecular flexibility index (Phi) is 4.06. The van der Waals surface area contributed by atoms with Crippen LogP contribution in [0.25, 0.3) is 0 Å². The van der Waals surface area contributed by atoms with Crippen molar-refractivity contribution in [2.75, 3.05) is 7.11 Å². The normalized spacial score (nSPS) is 13.3. The molecule has 0 spiro atoms. The number of methoxy groups -OCH3 is 1. The minimum atomic E-state index is -1.14. The van der Waals surface area contributed by atoms with Gasteiger partial charge in [-0.2, -0.15) is 0 Å². The van der Waals surface area contributed by atoms with Gasteiger partial charge in [0.1, 0.15) is 0 Å². The molecule has 0 aliphatic heterocycles. The Morgan fingerprint density at radius 1 is 1.33 bits per heavy atom. The van der Waals surface area contributed by atoms with Crippen LogP contribution in [0.1, 0.15) is 31.0 Å². The summed E-state index contributed by atoms with van der Waals surface area (Å²) in [6.07, 6.45) is 0. The number of nitrogens with two attached hydrogens (primary N) is 1. The van der Waals surface area contributed by atoms with Gasteiger partial charge in [0.05, 0.1) is 12.5 Å². The molecular weight excluding hydrogens is 240 g/mol. The summed E-state index contributed by atoms with van der Waals surface area (Å²) >= 11 is 0.